The van der Waals surface area contributed by atoms with E-state index in [1.807, 2.05) is 6.07 Å². The van der Waals surface area contributed by atoms with Crippen LogP contribution in [0.4, 0.5) is 11.4 Å². The van der Waals surface area contributed by atoms with Crippen LogP contribution in [0, 0.1) is 18.3 Å². The lowest BCUT2D eigenvalue weighted by molar-refractivity contribution is 0.0696. The number of aromatic carboxylic acids is 1. The van der Waals surface area contributed by atoms with Crippen LogP contribution in [0.3, 0.4) is 0 Å². The second kappa shape index (κ2) is 5.19. The Morgan fingerprint density at radius 2 is 2.05 bits per heavy atom. The molecular formula is C14H11N3O2. The summed E-state index contributed by atoms with van der Waals surface area (Å²) in [7, 11) is 0. The van der Waals surface area contributed by atoms with Crippen molar-refractivity contribution in [2.45, 2.75) is 6.92 Å². The van der Waals surface area contributed by atoms with Gasteiger partial charge in [0.1, 0.15) is 11.8 Å². The summed E-state index contributed by atoms with van der Waals surface area (Å²) in [6, 6.07) is 10.3. The predicted octanol–water partition coefficient (Wildman–Crippen LogP) is 2.70. The molecule has 0 aliphatic heterocycles. The highest BCUT2D eigenvalue weighted by Gasteiger charge is 2.08. The summed E-state index contributed by atoms with van der Waals surface area (Å²) in [5.74, 6) is -0.964. The predicted molar refractivity (Wildman–Crippen MR) is 70.4 cm³/mol. The topological polar surface area (TPSA) is 86.0 Å². The minimum absolute atomic E-state index is 0.250. The molecule has 0 saturated carbocycles. The van der Waals surface area contributed by atoms with Gasteiger partial charge < -0.3 is 10.4 Å². The lowest BCUT2D eigenvalue weighted by Gasteiger charge is -2.08. The number of nitriles is 1. The van der Waals surface area contributed by atoms with Gasteiger partial charge in [-0.3, -0.25) is 0 Å². The first-order valence-corrected chi connectivity index (χ1v) is 5.57. The quantitative estimate of drug-likeness (QED) is 0.878. The van der Waals surface area contributed by atoms with E-state index < -0.39 is 5.97 Å². The van der Waals surface area contributed by atoms with Crippen LogP contribution in [0.5, 0.6) is 0 Å². The summed E-state index contributed by atoms with van der Waals surface area (Å²) in [4.78, 5) is 14.9. The van der Waals surface area contributed by atoms with Crippen molar-refractivity contribution in [3.63, 3.8) is 0 Å². The average molecular weight is 253 g/mol. The van der Waals surface area contributed by atoms with Crippen LogP contribution < -0.4 is 5.32 Å². The van der Waals surface area contributed by atoms with E-state index in [0.717, 1.165) is 0 Å². The molecule has 2 aromatic rings. The lowest BCUT2D eigenvalue weighted by Crippen LogP contribution is -2.01. The first-order valence-electron chi connectivity index (χ1n) is 5.57. The third-order valence-electron chi connectivity index (χ3n) is 2.63. The first kappa shape index (κ1) is 12.6. The van der Waals surface area contributed by atoms with Crippen LogP contribution in [-0.4, -0.2) is 16.1 Å². The molecular weight excluding hydrogens is 242 g/mol. The number of carboxylic acid groups (broad SMARTS) is 1. The maximum Gasteiger partial charge on any atom is 0.336 e. The molecule has 2 N–H and O–H groups in total. The molecule has 0 fully saturated rings. The molecule has 94 valence electrons. The highest BCUT2D eigenvalue weighted by Crippen LogP contribution is 2.20. The van der Waals surface area contributed by atoms with E-state index in [9.17, 15) is 4.79 Å². The third-order valence-corrected chi connectivity index (χ3v) is 2.63. The lowest BCUT2D eigenvalue weighted by atomic mass is 10.1. The van der Waals surface area contributed by atoms with Crippen molar-refractivity contribution < 1.29 is 9.90 Å². The molecule has 0 unspecified atom stereocenters. The normalized spacial score (nSPS) is 9.68. The van der Waals surface area contributed by atoms with E-state index in [0.29, 0.717) is 22.6 Å². The van der Waals surface area contributed by atoms with Gasteiger partial charge in [0.25, 0.3) is 0 Å². The number of hydrogen-bond acceptors (Lipinski definition) is 4. The molecule has 0 bridgehead atoms. The third kappa shape index (κ3) is 2.87. The molecule has 0 aliphatic rings. The standard InChI is InChI=1S/C14H11N3O2/c1-9-2-3-10(7-13(9)14(18)19)17-11-4-5-16-12(6-11)8-15/h2-7H,1H3,(H,16,17)(H,18,19). The van der Waals surface area contributed by atoms with E-state index in [4.69, 9.17) is 10.4 Å². The molecule has 0 saturated heterocycles. The fourth-order valence-electron chi connectivity index (χ4n) is 1.67. The van der Waals surface area contributed by atoms with Gasteiger partial charge in [-0.2, -0.15) is 5.26 Å². The van der Waals surface area contributed by atoms with E-state index in [1.54, 1.807) is 37.3 Å². The minimum atomic E-state index is -0.964. The summed E-state index contributed by atoms with van der Waals surface area (Å²) in [5.41, 5.74) is 2.59. The van der Waals surface area contributed by atoms with Crippen molar-refractivity contribution in [1.29, 1.82) is 5.26 Å². The van der Waals surface area contributed by atoms with Gasteiger partial charge in [-0.05, 0) is 36.8 Å². The second-order valence-electron chi connectivity index (χ2n) is 4.00. The number of anilines is 2. The Labute approximate surface area is 110 Å². The molecule has 0 spiro atoms. The molecule has 0 amide bonds. The molecule has 2 rings (SSSR count). The highest BCUT2D eigenvalue weighted by atomic mass is 16.4. The van der Waals surface area contributed by atoms with Gasteiger partial charge in [0.05, 0.1) is 5.56 Å². The van der Waals surface area contributed by atoms with Crippen LogP contribution in [0.1, 0.15) is 21.6 Å². The molecule has 0 aliphatic carbocycles. The number of nitrogens with zero attached hydrogens (tertiary/aromatic N) is 2. The van der Waals surface area contributed by atoms with Gasteiger partial charge in [0, 0.05) is 17.6 Å². The highest BCUT2D eigenvalue weighted by molar-refractivity contribution is 5.90. The zero-order chi connectivity index (χ0) is 13.8. The zero-order valence-corrected chi connectivity index (χ0v) is 10.2. The number of rotatable bonds is 3. The number of aryl methyl sites for hydroxylation is 1. The van der Waals surface area contributed by atoms with Gasteiger partial charge in [0.15, 0.2) is 0 Å². The molecule has 1 aromatic carbocycles. The summed E-state index contributed by atoms with van der Waals surface area (Å²) >= 11 is 0. The van der Waals surface area contributed by atoms with Crippen molar-refractivity contribution in [2.75, 3.05) is 5.32 Å². The number of nitrogens with one attached hydrogen (secondary N) is 1. The van der Waals surface area contributed by atoms with Crippen molar-refractivity contribution in [3.8, 4) is 6.07 Å². The van der Waals surface area contributed by atoms with E-state index in [2.05, 4.69) is 10.3 Å². The van der Waals surface area contributed by atoms with Gasteiger partial charge >= 0.3 is 5.97 Å². The van der Waals surface area contributed by atoms with Crippen LogP contribution in [0.25, 0.3) is 0 Å². The molecule has 5 nitrogen and oxygen atoms in total. The van der Waals surface area contributed by atoms with Gasteiger partial charge in [-0.15, -0.1) is 0 Å². The van der Waals surface area contributed by atoms with Gasteiger partial charge in [0.2, 0.25) is 0 Å². The molecule has 0 atom stereocenters. The van der Waals surface area contributed by atoms with Gasteiger partial charge in [-0.25, -0.2) is 9.78 Å². The molecule has 0 radical (unpaired) electrons. The Balaban J connectivity index is 2.31. The smallest absolute Gasteiger partial charge is 0.336 e. The van der Waals surface area contributed by atoms with Gasteiger partial charge in [-0.1, -0.05) is 6.07 Å². The molecule has 1 aromatic heterocycles. The summed E-state index contributed by atoms with van der Waals surface area (Å²) in [6.45, 7) is 1.74. The fourth-order valence-corrected chi connectivity index (χ4v) is 1.67. The number of carbonyl (C=O) groups is 1. The summed E-state index contributed by atoms with van der Waals surface area (Å²) in [6.07, 6.45) is 1.52. The maximum absolute atomic E-state index is 11.0. The monoisotopic (exact) mass is 253 g/mol. The van der Waals surface area contributed by atoms with Crippen molar-refractivity contribution in [2.24, 2.45) is 0 Å². The maximum atomic E-state index is 11.0. The zero-order valence-electron chi connectivity index (χ0n) is 10.2. The second-order valence-corrected chi connectivity index (χ2v) is 4.00. The largest absolute Gasteiger partial charge is 0.478 e. The number of benzene rings is 1. The number of pyridine rings is 1. The van der Waals surface area contributed by atoms with Crippen molar-refractivity contribution >= 4 is 17.3 Å². The Morgan fingerprint density at radius 3 is 2.74 bits per heavy atom. The SMILES string of the molecule is Cc1ccc(Nc2ccnc(C#N)c2)cc1C(=O)O. The average Bonchev–Trinajstić information content (AvgIpc) is 2.41. The number of carboxylic acids is 1. The summed E-state index contributed by atoms with van der Waals surface area (Å²) in [5, 5.41) is 20.9. The molecule has 1 heterocycles. The Kier molecular flexibility index (Phi) is 3.44. The molecule has 5 heteroatoms. The number of aromatic nitrogens is 1. The van der Waals surface area contributed by atoms with Crippen molar-refractivity contribution in [3.05, 3.63) is 53.3 Å². The Morgan fingerprint density at radius 1 is 1.32 bits per heavy atom. The fraction of sp³-hybridized carbons (Fsp3) is 0.0714. The Bertz CT molecular complexity index is 675. The van der Waals surface area contributed by atoms with Crippen molar-refractivity contribution in [1.82, 2.24) is 4.98 Å². The van der Waals surface area contributed by atoms with Crippen LogP contribution in [0.15, 0.2) is 36.5 Å². The van der Waals surface area contributed by atoms with Crippen LogP contribution in [-0.2, 0) is 0 Å². The van der Waals surface area contributed by atoms with E-state index >= 15 is 0 Å². The first-order chi connectivity index (χ1) is 9.10. The van der Waals surface area contributed by atoms with E-state index in [-0.39, 0.29) is 5.56 Å². The van der Waals surface area contributed by atoms with Crippen LogP contribution in [0.2, 0.25) is 0 Å². The minimum Gasteiger partial charge on any atom is -0.478 e. The summed E-state index contributed by atoms with van der Waals surface area (Å²) < 4.78 is 0. The molecule has 19 heavy (non-hydrogen) atoms. The van der Waals surface area contributed by atoms with E-state index in [1.165, 1.54) is 6.20 Å². The Hall–Kier alpha value is -2.87. The number of hydrogen-bond donors (Lipinski definition) is 2. The van der Waals surface area contributed by atoms with Crippen LogP contribution >= 0.6 is 0 Å².